The number of anilines is 1. The molecule has 6 nitrogen and oxygen atoms in total. The van der Waals surface area contributed by atoms with Crippen LogP contribution < -0.4 is 10.9 Å². The van der Waals surface area contributed by atoms with Crippen molar-refractivity contribution < 1.29 is 9.18 Å². The molecule has 0 spiro atoms. The van der Waals surface area contributed by atoms with Gasteiger partial charge in [-0.25, -0.2) is 4.39 Å². The molecule has 142 valence electrons. The number of H-pyrrole nitrogens is 1. The predicted octanol–water partition coefficient (Wildman–Crippen LogP) is 3.36. The second kappa shape index (κ2) is 7.92. The van der Waals surface area contributed by atoms with Crippen molar-refractivity contribution in [1.82, 2.24) is 9.55 Å². The van der Waals surface area contributed by atoms with E-state index in [1.165, 1.54) is 6.07 Å². The zero-order valence-electron chi connectivity index (χ0n) is 15.5. The zero-order valence-corrected chi connectivity index (χ0v) is 15.5. The number of amides is 1. The lowest BCUT2D eigenvalue weighted by Gasteiger charge is -2.12. The number of nitrogens with one attached hydrogen (secondary N) is 2. The van der Waals surface area contributed by atoms with Gasteiger partial charge in [-0.05, 0) is 61.7 Å². The maximum Gasteiger partial charge on any atom is 0.266 e. The zero-order chi connectivity index (χ0) is 20.3. The standard InChI is InChI=1S/C21H19FN4O2/c1-13-16(14(2)24-21(28)17(13)12-23)6-8-20(27)25-19-11-15(5-7-18(19)22)26-9-3-4-10-26/h3-5,7,9-11H,6,8H2,1-2H3,(H,24,28)(H,25,27). The molecular weight excluding hydrogens is 359 g/mol. The van der Waals surface area contributed by atoms with E-state index in [1.807, 2.05) is 35.2 Å². The van der Waals surface area contributed by atoms with Gasteiger partial charge < -0.3 is 14.9 Å². The number of aromatic amines is 1. The normalized spacial score (nSPS) is 10.5. The van der Waals surface area contributed by atoms with Gasteiger partial charge in [0, 0.05) is 30.2 Å². The Morgan fingerprint density at radius 3 is 2.68 bits per heavy atom. The first-order valence-electron chi connectivity index (χ1n) is 8.76. The summed E-state index contributed by atoms with van der Waals surface area (Å²) in [5.74, 6) is -0.875. The van der Waals surface area contributed by atoms with E-state index in [4.69, 9.17) is 5.26 Å². The maximum absolute atomic E-state index is 14.1. The highest BCUT2D eigenvalue weighted by molar-refractivity contribution is 5.91. The number of carbonyl (C=O) groups is 1. The molecule has 0 aliphatic carbocycles. The van der Waals surface area contributed by atoms with Gasteiger partial charge in [-0.3, -0.25) is 9.59 Å². The fourth-order valence-corrected chi connectivity index (χ4v) is 3.15. The minimum atomic E-state index is -0.521. The van der Waals surface area contributed by atoms with Crippen molar-refractivity contribution in [3.63, 3.8) is 0 Å². The molecule has 28 heavy (non-hydrogen) atoms. The van der Waals surface area contributed by atoms with Crippen LogP contribution in [0.2, 0.25) is 0 Å². The monoisotopic (exact) mass is 378 g/mol. The summed E-state index contributed by atoms with van der Waals surface area (Å²) in [5, 5.41) is 11.7. The lowest BCUT2D eigenvalue weighted by molar-refractivity contribution is -0.116. The molecule has 7 heteroatoms. The molecule has 3 aromatic rings. The van der Waals surface area contributed by atoms with Crippen LogP contribution in [0.1, 0.15) is 28.8 Å². The topological polar surface area (TPSA) is 90.7 Å². The van der Waals surface area contributed by atoms with E-state index < -0.39 is 11.4 Å². The van der Waals surface area contributed by atoms with Gasteiger partial charge in [0.1, 0.15) is 17.4 Å². The van der Waals surface area contributed by atoms with Crippen molar-refractivity contribution in [3.8, 4) is 11.8 Å². The van der Waals surface area contributed by atoms with Crippen LogP contribution in [0, 0.1) is 31.0 Å². The minimum absolute atomic E-state index is 0.0477. The number of nitriles is 1. The van der Waals surface area contributed by atoms with Gasteiger partial charge in [-0.15, -0.1) is 0 Å². The van der Waals surface area contributed by atoms with Crippen molar-refractivity contribution in [3.05, 3.63) is 81.3 Å². The molecule has 0 radical (unpaired) electrons. The molecule has 0 fully saturated rings. The summed E-state index contributed by atoms with van der Waals surface area (Å²) < 4.78 is 15.9. The predicted molar refractivity (Wildman–Crippen MR) is 104 cm³/mol. The Kier molecular flexibility index (Phi) is 5.41. The van der Waals surface area contributed by atoms with E-state index in [0.29, 0.717) is 17.7 Å². The van der Waals surface area contributed by atoms with Gasteiger partial charge in [0.05, 0.1) is 5.69 Å². The summed E-state index contributed by atoms with van der Waals surface area (Å²) in [6, 6.07) is 10.1. The summed E-state index contributed by atoms with van der Waals surface area (Å²) >= 11 is 0. The van der Waals surface area contributed by atoms with Gasteiger partial charge in [-0.2, -0.15) is 5.26 Å². The minimum Gasteiger partial charge on any atom is -0.325 e. The van der Waals surface area contributed by atoms with Crippen molar-refractivity contribution in [1.29, 1.82) is 5.26 Å². The second-order valence-corrected chi connectivity index (χ2v) is 6.47. The summed E-state index contributed by atoms with van der Waals surface area (Å²) in [6.45, 7) is 3.41. The van der Waals surface area contributed by atoms with Crippen LogP contribution in [-0.2, 0) is 11.2 Å². The fraction of sp³-hybridized carbons (Fsp3) is 0.190. The number of pyridine rings is 1. The molecular formula is C21H19FN4O2. The van der Waals surface area contributed by atoms with E-state index in [-0.39, 0.29) is 23.6 Å². The Balaban J connectivity index is 1.75. The number of benzene rings is 1. The highest BCUT2D eigenvalue weighted by Crippen LogP contribution is 2.20. The largest absolute Gasteiger partial charge is 0.325 e. The lowest BCUT2D eigenvalue weighted by atomic mass is 9.99. The highest BCUT2D eigenvalue weighted by atomic mass is 19.1. The van der Waals surface area contributed by atoms with Gasteiger partial charge in [0.25, 0.3) is 5.56 Å². The quantitative estimate of drug-likeness (QED) is 0.713. The van der Waals surface area contributed by atoms with Gasteiger partial charge in [0.2, 0.25) is 5.91 Å². The summed E-state index contributed by atoms with van der Waals surface area (Å²) in [6.07, 6.45) is 4.07. The average molecular weight is 378 g/mol. The molecule has 0 saturated carbocycles. The number of aryl methyl sites for hydroxylation is 1. The molecule has 0 bridgehead atoms. The average Bonchev–Trinajstić information content (AvgIpc) is 3.18. The van der Waals surface area contributed by atoms with Crippen LogP contribution in [0.15, 0.2) is 47.5 Å². The van der Waals surface area contributed by atoms with Crippen LogP contribution in [0.5, 0.6) is 0 Å². The molecule has 2 aromatic heterocycles. The Hall–Kier alpha value is -3.66. The highest BCUT2D eigenvalue weighted by Gasteiger charge is 2.14. The number of hydrogen-bond acceptors (Lipinski definition) is 3. The second-order valence-electron chi connectivity index (χ2n) is 6.47. The van der Waals surface area contributed by atoms with E-state index in [9.17, 15) is 14.0 Å². The number of rotatable bonds is 5. The van der Waals surface area contributed by atoms with Gasteiger partial charge >= 0.3 is 0 Å². The smallest absolute Gasteiger partial charge is 0.266 e. The van der Waals surface area contributed by atoms with E-state index in [1.54, 1.807) is 26.0 Å². The summed E-state index contributed by atoms with van der Waals surface area (Å²) in [7, 11) is 0. The lowest BCUT2D eigenvalue weighted by Crippen LogP contribution is -2.18. The van der Waals surface area contributed by atoms with Crippen LogP contribution in [0.3, 0.4) is 0 Å². The molecule has 0 aliphatic rings. The van der Waals surface area contributed by atoms with Crippen molar-refractivity contribution in [2.45, 2.75) is 26.7 Å². The third-order valence-electron chi connectivity index (χ3n) is 4.65. The number of hydrogen-bond donors (Lipinski definition) is 2. The van der Waals surface area contributed by atoms with E-state index in [2.05, 4.69) is 10.3 Å². The van der Waals surface area contributed by atoms with Crippen molar-refractivity contribution in [2.24, 2.45) is 0 Å². The number of aromatic nitrogens is 2. The van der Waals surface area contributed by atoms with Crippen LogP contribution in [-0.4, -0.2) is 15.5 Å². The molecule has 1 amide bonds. The van der Waals surface area contributed by atoms with Crippen LogP contribution >= 0.6 is 0 Å². The van der Waals surface area contributed by atoms with Crippen molar-refractivity contribution in [2.75, 3.05) is 5.32 Å². The molecule has 0 aliphatic heterocycles. The molecule has 0 saturated heterocycles. The first kappa shape index (κ1) is 19.1. The van der Waals surface area contributed by atoms with Crippen LogP contribution in [0.25, 0.3) is 5.69 Å². The van der Waals surface area contributed by atoms with E-state index in [0.717, 1.165) is 11.3 Å². The van der Waals surface area contributed by atoms with E-state index >= 15 is 0 Å². The number of nitrogens with zero attached hydrogens (tertiary/aromatic N) is 2. The molecule has 3 rings (SSSR count). The summed E-state index contributed by atoms with van der Waals surface area (Å²) in [4.78, 5) is 26.8. The molecule has 2 N–H and O–H groups in total. The van der Waals surface area contributed by atoms with Crippen LogP contribution in [0.4, 0.5) is 10.1 Å². The van der Waals surface area contributed by atoms with Gasteiger partial charge in [-0.1, -0.05) is 0 Å². The SMILES string of the molecule is Cc1[nH]c(=O)c(C#N)c(C)c1CCC(=O)Nc1cc(-n2cccc2)ccc1F. The molecule has 0 atom stereocenters. The third-order valence-corrected chi connectivity index (χ3v) is 4.65. The maximum atomic E-state index is 14.1. The summed E-state index contributed by atoms with van der Waals surface area (Å²) in [5.41, 5.74) is 2.37. The Morgan fingerprint density at radius 2 is 2.00 bits per heavy atom. The first-order chi connectivity index (χ1) is 13.4. The molecule has 2 heterocycles. The fourth-order valence-electron chi connectivity index (χ4n) is 3.15. The van der Waals surface area contributed by atoms with Gasteiger partial charge in [0.15, 0.2) is 0 Å². The third kappa shape index (κ3) is 3.86. The first-order valence-corrected chi connectivity index (χ1v) is 8.76. The molecule has 0 unspecified atom stereocenters. The number of halogens is 1. The number of carbonyl (C=O) groups excluding carboxylic acids is 1. The Morgan fingerprint density at radius 1 is 1.29 bits per heavy atom. The van der Waals surface area contributed by atoms with Crippen molar-refractivity contribution >= 4 is 11.6 Å². The Bertz CT molecular complexity index is 1120. The Labute approximate surface area is 161 Å². The molecule has 1 aromatic carbocycles.